The van der Waals surface area contributed by atoms with Gasteiger partial charge in [-0.3, -0.25) is 4.79 Å². The highest BCUT2D eigenvalue weighted by Gasteiger charge is 2.09. The van der Waals surface area contributed by atoms with E-state index in [4.69, 9.17) is 11.2 Å². The fourth-order valence-electron chi connectivity index (χ4n) is 1.34. The third-order valence-corrected chi connectivity index (χ3v) is 2.15. The van der Waals surface area contributed by atoms with Gasteiger partial charge in [-0.2, -0.15) is 0 Å². The number of carbonyl (C=O) groups excluding carboxylic acids is 1. The quantitative estimate of drug-likeness (QED) is 0.571. The molecule has 4 nitrogen and oxygen atoms in total. The van der Waals surface area contributed by atoms with Gasteiger partial charge in [0.15, 0.2) is 0 Å². The maximum absolute atomic E-state index is 11.7. The summed E-state index contributed by atoms with van der Waals surface area (Å²) in [6.07, 6.45) is 7.51. The molecule has 4 heteroatoms. The Labute approximate surface area is 95.6 Å². The van der Waals surface area contributed by atoms with Crippen molar-refractivity contribution in [1.29, 1.82) is 0 Å². The molecule has 1 aromatic rings. The van der Waals surface area contributed by atoms with E-state index in [9.17, 15) is 4.79 Å². The van der Waals surface area contributed by atoms with Crippen LogP contribution >= 0.6 is 0 Å². The zero-order valence-electron chi connectivity index (χ0n) is 9.40. The summed E-state index contributed by atoms with van der Waals surface area (Å²) in [5.41, 5.74) is 0.633. The van der Waals surface area contributed by atoms with Crippen LogP contribution in [0.3, 0.4) is 0 Å². The van der Waals surface area contributed by atoms with Gasteiger partial charge in [0.05, 0.1) is 6.61 Å². The van der Waals surface area contributed by atoms with Crippen molar-refractivity contribution >= 4 is 5.91 Å². The molecular formula is C12H16N2O2. The van der Waals surface area contributed by atoms with E-state index in [0.29, 0.717) is 31.8 Å². The van der Waals surface area contributed by atoms with Gasteiger partial charge in [0.25, 0.3) is 5.91 Å². The molecule has 0 unspecified atom stereocenters. The van der Waals surface area contributed by atoms with Gasteiger partial charge in [0, 0.05) is 32.8 Å². The minimum absolute atomic E-state index is 0.101. The van der Waals surface area contributed by atoms with E-state index in [1.807, 2.05) is 16.8 Å². The third-order valence-electron chi connectivity index (χ3n) is 2.15. The number of hydrogen-bond donors (Lipinski definition) is 1. The van der Waals surface area contributed by atoms with Crippen molar-refractivity contribution in [1.82, 2.24) is 9.88 Å². The van der Waals surface area contributed by atoms with E-state index in [1.165, 1.54) is 0 Å². The average molecular weight is 220 g/mol. The number of carbonyl (C=O) groups is 1. The molecule has 0 aromatic carbocycles. The predicted molar refractivity (Wildman–Crippen MR) is 62.1 cm³/mol. The fourth-order valence-corrected chi connectivity index (χ4v) is 1.34. The lowest BCUT2D eigenvalue weighted by Gasteiger charge is -2.08. The van der Waals surface area contributed by atoms with E-state index < -0.39 is 0 Å². The van der Waals surface area contributed by atoms with Crippen LogP contribution in [0.15, 0.2) is 18.3 Å². The fraction of sp³-hybridized carbons (Fsp3) is 0.417. The molecule has 0 aliphatic rings. The van der Waals surface area contributed by atoms with Gasteiger partial charge < -0.3 is 14.6 Å². The molecule has 0 aliphatic heterocycles. The van der Waals surface area contributed by atoms with Crippen LogP contribution in [0, 0.1) is 12.3 Å². The number of nitrogens with zero attached hydrogens (tertiary/aromatic N) is 1. The third kappa shape index (κ3) is 3.44. The van der Waals surface area contributed by atoms with Crippen LogP contribution in [-0.2, 0) is 11.3 Å². The van der Waals surface area contributed by atoms with Crippen molar-refractivity contribution in [3.63, 3.8) is 0 Å². The van der Waals surface area contributed by atoms with Crippen LogP contribution in [-0.4, -0.2) is 30.7 Å². The second kappa shape index (κ2) is 6.70. The van der Waals surface area contributed by atoms with Crippen LogP contribution in [0.4, 0.5) is 0 Å². The first-order valence-electron chi connectivity index (χ1n) is 5.15. The van der Waals surface area contributed by atoms with Crippen LogP contribution in [0.1, 0.15) is 16.9 Å². The summed E-state index contributed by atoms with van der Waals surface area (Å²) in [5, 5.41) is 2.76. The number of ether oxygens (including phenoxy) is 1. The van der Waals surface area contributed by atoms with Crippen molar-refractivity contribution in [2.24, 2.45) is 0 Å². The molecule has 0 spiro atoms. The summed E-state index contributed by atoms with van der Waals surface area (Å²) in [7, 11) is 1.64. The molecule has 1 amide bonds. The summed E-state index contributed by atoms with van der Waals surface area (Å²) in [4.78, 5) is 11.7. The maximum Gasteiger partial charge on any atom is 0.267 e. The Kier molecular flexibility index (Phi) is 5.17. The Bertz CT molecular complexity index is 377. The smallest absolute Gasteiger partial charge is 0.267 e. The zero-order chi connectivity index (χ0) is 11.8. The van der Waals surface area contributed by atoms with Gasteiger partial charge >= 0.3 is 0 Å². The predicted octanol–water partition coefficient (Wildman–Crippen LogP) is 0.888. The number of aromatic nitrogens is 1. The molecule has 1 N–H and O–H groups in total. The Morgan fingerprint density at radius 1 is 1.69 bits per heavy atom. The standard InChI is InChI=1S/C12H16N2O2/c1-3-4-7-13-12(15)11-6-5-8-14(11)9-10-16-2/h1,5-6,8H,4,7,9-10H2,2H3,(H,13,15). The van der Waals surface area contributed by atoms with E-state index in [1.54, 1.807) is 13.2 Å². The van der Waals surface area contributed by atoms with Gasteiger partial charge in [-0.1, -0.05) is 0 Å². The molecule has 0 atom stereocenters. The molecule has 86 valence electrons. The minimum atomic E-state index is -0.101. The Morgan fingerprint density at radius 2 is 2.50 bits per heavy atom. The first-order valence-corrected chi connectivity index (χ1v) is 5.15. The molecule has 0 bridgehead atoms. The number of hydrogen-bond acceptors (Lipinski definition) is 2. The van der Waals surface area contributed by atoms with Crippen LogP contribution in [0.2, 0.25) is 0 Å². The summed E-state index contributed by atoms with van der Waals surface area (Å²) < 4.78 is 6.83. The SMILES string of the molecule is C#CCCNC(=O)c1cccn1CCOC. The topological polar surface area (TPSA) is 43.3 Å². The number of terminal acetylenes is 1. The Morgan fingerprint density at radius 3 is 3.19 bits per heavy atom. The summed E-state index contributed by atoms with van der Waals surface area (Å²) >= 11 is 0. The highest BCUT2D eigenvalue weighted by molar-refractivity contribution is 5.92. The van der Waals surface area contributed by atoms with Gasteiger partial charge in [-0.15, -0.1) is 12.3 Å². The molecule has 0 saturated heterocycles. The van der Waals surface area contributed by atoms with Crippen LogP contribution in [0.25, 0.3) is 0 Å². The summed E-state index contributed by atoms with van der Waals surface area (Å²) in [6.45, 7) is 1.76. The molecule has 0 fully saturated rings. The van der Waals surface area contributed by atoms with E-state index >= 15 is 0 Å². The highest BCUT2D eigenvalue weighted by Crippen LogP contribution is 2.02. The zero-order valence-corrected chi connectivity index (χ0v) is 9.40. The molecular weight excluding hydrogens is 204 g/mol. The first-order chi connectivity index (χ1) is 7.79. The number of methoxy groups -OCH3 is 1. The molecule has 1 rings (SSSR count). The lowest BCUT2D eigenvalue weighted by atomic mass is 10.3. The van der Waals surface area contributed by atoms with Crippen molar-refractivity contribution in [3.8, 4) is 12.3 Å². The number of amides is 1. The van der Waals surface area contributed by atoms with Crippen molar-refractivity contribution in [2.75, 3.05) is 20.3 Å². The minimum Gasteiger partial charge on any atom is -0.383 e. The van der Waals surface area contributed by atoms with Gasteiger partial charge in [0.1, 0.15) is 5.69 Å². The maximum atomic E-state index is 11.7. The Balaban J connectivity index is 2.54. The number of nitrogens with one attached hydrogen (secondary N) is 1. The average Bonchev–Trinajstić information content (AvgIpc) is 2.74. The molecule has 0 radical (unpaired) electrons. The molecule has 0 saturated carbocycles. The largest absolute Gasteiger partial charge is 0.383 e. The molecule has 0 aliphatic carbocycles. The van der Waals surface area contributed by atoms with Crippen molar-refractivity contribution in [3.05, 3.63) is 24.0 Å². The van der Waals surface area contributed by atoms with E-state index in [2.05, 4.69) is 11.2 Å². The first kappa shape index (κ1) is 12.3. The molecule has 16 heavy (non-hydrogen) atoms. The van der Waals surface area contributed by atoms with Crippen molar-refractivity contribution < 1.29 is 9.53 Å². The summed E-state index contributed by atoms with van der Waals surface area (Å²) in [5.74, 6) is 2.38. The van der Waals surface area contributed by atoms with Gasteiger partial charge in [-0.05, 0) is 12.1 Å². The monoisotopic (exact) mass is 220 g/mol. The Hall–Kier alpha value is -1.73. The van der Waals surface area contributed by atoms with Crippen LogP contribution in [0.5, 0.6) is 0 Å². The highest BCUT2D eigenvalue weighted by atomic mass is 16.5. The number of rotatable bonds is 6. The van der Waals surface area contributed by atoms with Gasteiger partial charge in [-0.25, -0.2) is 0 Å². The lowest BCUT2D eigenvalue weighted by Crippen LogP contribution is -2.27. The second-order valence-electron chi connectivity index (χ2n) is 3.29. The normalized spacial score (nSPS) is 9.75. The van der Waals surface area contributed by atoms with Crippen molar-refractivity contribution in [2.45, 2.75) is 13.0 Å². The van der Waals surface area contributed by atoms with E-state index in [0.717, 1.165) is 0 Å². The molecule has 1 aromatic heterocycles. The second-order valence-corrected chi connectivity index (χ2v) is 3.29. The lowest BCUT2D eigenvalue weighted by molar-refractivity contribution is 0.0942. The van der Waals surface area contributed by atoms with Crippen LogP contribution < -0.4 is 5.32 Å². The summed E-state index contributed by atoms with van der Waals surface area (Å²) in [6, 6.07) is 3.62. The van der Waals surface area contributed by atoms with E-state index in [-0.39, 0.29) is 5.91 Å². The molecule has 1 heterocycles. The van der Waals surface area contributed by atoms with Gasteiger partial charge in [0.2, 0.25) is 0 Å².